The quantitative estimate of drug-likeness (QED) is 0.342. The number of aryl methyl sites for hydroxylation is 1. The van der Waals surface area contributed by atoms with E-state index in [-0.39, 0.29) is 6.42 Å². The normalized spacial score (nSPS) is 13.0. The Morgan fingerprint density at radius 2 is 2.00 bits per heavy atom. The third kappa shape index (κ3) is 6.38. The summed E-state index contributed by atoms with van der Waals surface area (Å²) >= 11 is 2.86. The molecule has 0 bridgehead atoms. The number of nitrogens with zero attached hydrogens (tertiary/aromatic N) is 4. The van der Waals surface area contributed by atoms with Crippen molar-refractivity contribution >= 4 is 34.9 Å². The Kier molecular flexibility index (Phi) is 7.57. The van der Waals surface area contributed by atoms with Crippen LogP contribution in [0.25, 0.3) is 0 Å². The van der Waals surface area contributed by atoms with Crippen LogP contribution < -0.4 is 9.54 Å². The molecular formula is C23H24BN5O3S2. The summed E-state index contributed by atoms with van der Waals surface area (Å²) < 4.78 is 6.17. The number of hydrogen-bond donors (Lipinski definition) is 3. The van der Waals surface area contributed by atoms with E-state index in [0.717, 1.165) is 21.2 Å². The Morgan fingerprint density at radius 1 is 1.18 bits per heavy atom. The van der Waals surface area contributed by atoms with Crippen molar-refractivity contribution in [3.63, 3.8) is 0 Å². The third-order valence-electron chi connectivity index (χ3n) is 4.86. The monoisotopic (exact) mass is 493 g/mol. The minimum atomic E-state index is -1.20. The topological polar surface area (TPSA) is 117 Å². The number of ether oxygens (including phenoxy) is 1. The number of pyridine rings is 3. The summed E-state index contributed by atoms with van der Waals surface area (Å²) in [5, 5.41) is 21.0. The van der Waals surface area contributed by atoms with Crippen molar-refractivity contribution < 1.29 is 14.9 Å². The Bertz CT molecular complexity index is 1320. The summed E-state index contributed by atoms with van der Waals surface area (Å²) in [4.78, 5) is 22.5. The fraction of sp³-hybridized carbons (Fsp3) is 0.261. The van der Waals surface area contributed by atoms with Gasteiger partial charge in [0.05, 0.1) is 0 Å². The molecule has 34 heavy (non-hydrogen) atoms. The predicted octanol–water partition coefficient (Wildman–Crippen LogP) is 3.76. The van der Waals surface area contributed by atoms with E-state index in [1.165, 1.54) is 22.9 Å². The van der Waals surface area contributed by atoms with Gasteiger partial charge >= 0.3 is 206 Å². The molecule has 0 saturated heterocycles. The first kappa shape index (κ1) is 24.3. The van der Waals surface area contributed by atoms with Crippen LogP contribution in [0, 0.1) is 6.92 Å². The van der Waals surface area contributed by atoms with Gasteiger partial charge in [0.2, 0.25) is 0 Å². The summed E-state index contributed by atoms with van der Waals surface area (Å²) in [6, 6.07) is 11.3. The molecule has 4 rings (SSSR count). The third-order valence-corrected chi connectivity index (χ3v) is 6.59. The zero-order valence-electron chi connectivity index (χ0n) is 19.0. The van der Waals surface area contributed by atoms with E-state index in [4.69, 9.17) is 4.74 Å². The van der Waals surface area contributed by atoms with E-state index < -0.39 is 11.7 Å². The molecule has 0 spiro atoms. The standard InChI is InChI=1S/C23H24BN5O3S2/c1-14-16(7-6-10-25-14)32-17-11-15(33-20-8-4-5-9-26-20)13-27-21(17)29-22-28-19(24-34-22)12-18(30)23(2,3)31/h4-11,13,18,30-31H,12H2,1-3H3,(H,27,28,29). The van der Waals surface area contributed by atoms with E-state index in [2.05, 4.69) is 24.9 Å². The van der Waals surface area contributed by atoms with Gasteiger partial charge in [0.25, 0.3) is 0 Å². The van der Waals surface area contributed by atoms with Gasteiger partial charge in [-0.05, 0) is 0 Å². The molecule has 4 aromatic heterocycles. The van der Waals surface area contributed by atoms with Crippen LogP contribution in [0.1, 0.15) is 25.1 Å². The second-order valence-corrected chi connectivity index (χ2v) is 10.1. The van der Waals surface area contributed by atoms with Crippen molar-refractivity contribution in [2.45, 2.75) is 48.8 Å². The van der Waals surface area contributed by atoms with Gasteiger partial charge in [-0.25, -0.2) is 0 Å². The molecule has 0 amide bonds. The number of H-pyrrole nitrogens is 1. The number of aromatic nitrogens is 4. The van der Waals surface area contributed by atoms with Crippen molar-refractivity contribution in [3.05, 3.63) is 71.1 Å². The van der Waals surface area contributed by atoms with Crippen LogP contribution >= 0.6 is 22.9 Å². The summed E-state index contributed by atoms with van der Waals surface area (Å²) in [6.07, 6.45) is 6.43. The molecule has 0 radical (unpaired) electrons. The van der Waals surface area contributed by atoms with Crippen LogP contribution in [0.15, 0.2) is 69.9 Å². The zero-order valence-corrected chi connectivity index (χ0v) is 20.6. The number of aliphatic hydroxyl groups is 2. The Hall–Kier alpha value is -2.86. The Labute approximate surface area is 206 Å². The number of hydrogen-bond acceptors (Lipinski definition) is 9. The maximum atomic E-state index is 10.2. The van der Waals surface area contributed by atoms with Crippen LogP contribution in [0.4, 0.5) is 5.82 Å². The molecule has 1 atom stereocenters. The Morgan fingerprint density at radius 3 is 2.74 bits per heavy atom. The van der Waals surface area contributed by atoms with Crippen LogP contribution in [-0.4, -0.2) is 48.0 Å². The van der Waals surface area contributed by atoms with Crippen LogP contribution in [0.2, 0.25) is 0 Å². The molecule has 0 saturated carbocycles. The molecular weight excluding hydrogens is 469 g/mol. The van der Waals surface area contributed by atoms with Gasteiger partial charge in [-0.1, -0.05) is 0 Å². The van der Waals surface area contributed by atoms with Gasteiger partial charge in [0.1, 0.15) is 0 Å². The number of aromatic amines is 1. The van der Waals surface area contributed by atoms with Crippen molar-refractivity contribution in [2.75, 3.05) is 0 Å². The van der Waals surface area contributed by atoms with Gasteiger partial charge in [-0.3, -0.25) is 0 Å². The molecule has 11 heteroatoms. The van der Waals surface area contributed by atoms with E-state index in [9.17, 15) is 10.2 Å². The molecule has 3 N–H and O–H groups in total. The van der Waals surface area contributed by atoms with Crippen molar-refractivity contribution in [2.24, 2.45) is 4.99 Å². The molecule has 8 nitrogen and oxygen atoms in total. The molecule has 4 aromatic rings. The zero-order chi connectivity index (χ0) is 24.1. The molecule has 0 aliphatic carbocycles. The molecule has 0 fully saturated rings. The molecule has 0 aliphatic heterocycles. The first-order valence-corrected chi connectivity index (χ1v) is 12.3. The summed E-state index contributed by atoms with van der Waals surface area (Å²) in [7, 11) is 0. The van der Waals surface area contributed by atoms with Gasteiger partial charge in [0.15, 0.2) is 0 Å². The summed E-state index contributed by atoms with van der Waals surface area (Å²) in [5.74, 6) is 1.50. The molecule has 1 unspecified atom stereocenters. The summed E-state index contributed by atoms with van der Waals surface area (Å²) in [6.45, 7) is 5.03. The summed E-state index contributed by atoms with van der Waals surface area (Å²) in [5.41, 5.74) is 0.325. The van der Waals surface area contributed by atoms with Gasteiger partial charge in [0, 0.05) is 0 Å². The van der Waals surface area contributed by atoms with Crippen molar-refractivity contribution in [3.8, 4) is 11.5 Å². The number of rotatable bonds is 8. The fourth-order valence-corrected chi connectivity index (χ4v) is 4.40. The molecule has 0 aliphatic rings. The SMILES string of the molecule is Cc1ncccc1Oc1cc(Sc2ccccn2)cnc1/N=c1/[nH]c(CC(O)C(C)(C)O)bs1. The molecule has 4 heterocycles. The second-order valence-electron chi connectivity index (χ2n) is 8.13. The van der Waals surface area contributed by atoms with Crippen LogP contribution in [0.5, 0.6) is 11.5 Å². The fourth-order valence-electron chi connectivity index (χ4n) is 2.89. The number of aliphatic hydroxyl groups excluding tert-OH is 1. The van der Waals surface area contributed by atoms with Gasteiger partial charge < -0.3 is 0 Å². The minimum absolute atomic E-state index is 0.279. The average molecular weight is 493 g/mol. The number of nitrogens with one attached hydrogen (secondary N) is 1. The van der Waals surface area contributed by atoms with E-state index >= 15 is 0 Å². The average Bonchev–Trinajstić information content (AvgIpc) is 3.24. The first-order valence-electron chi connectivity index (χ1n) is 10.6. The maximum absolute atomic E-state index is 10.2. The van der Waals surface area contributed by atoms with Crippen LogP contribution in [0.3, 0.4) is 0 Å². The van der Waals surface area contributed by atoms with Crippen molar-refractivity contribution in [1.29, 1.82) is 0 Å². The predicted molar refractivity (Wildman–Crippen MR) is 133 cm³/mol. The van der Waals surface area contributed by atoms with Crippen LogP contribution in [-0.2, 0) is 6.42 Å². The van der Waals surface area contributed by atoms with Gasteiger partial charge in [-0.15, -0.1) is 0 Å². The van der Waals surface area contributed by atoms with E-state index in [1.54, 1.807) is 32.4 Å². The van der Waals surface area contributed by atoms with E-state index in [0.29, 0.717) is 22.1 Å². The van der Waals surface area contributed by atoms with Crippen molar-refractivity contribution in [1.82, 2.24) is 19.9 Å². The van der Waals surface area contributed by atoms with Gasteiger partial charge in [-0.2, -0.15) is 0 Å². The molecule has 0 aromatic carbocycles. The Balaban J connectivity index is 1.66. The first-order chi connectivity index (χ1) is 16.3. The second kappa shape index (κ2) is 10.6. The van der Waals surface area contributed by atoms with E-state index in [1.807, 2.05) is 49.5 Å². The molecule has 174 valence electrons.